The van der Waals surface area contributed by atoms with Gasteiger partial charge in [-0.2, -0.15) is 0 Å². The van der Waals surface area contributed by atoms with Crippen molar-refractivity contribution >= 4 is 27.5 Å². The summed E-state index contributed by atoms with van der Waals surface area (Å²) in [6.07, 6.45) is 6.14. The number of rotatable bonds is 7. The van der Waals surface area contributed by atoms with E-state index in [4.69, 9.17) is 4.74 Å². The maximum atomic E-state index is 13.6. The highest BCUT2D eigenvalue weighted by molar-refractivity contribution is 7.89. The van der Waals surface area contributed by atoms with E-state index in [1.807, 2.05) is 19.9 Å². The largest absolute Gasteiger partial charge is 0.493 e. The lowest BCUT2D eigenvalue weighted by Gasteiger charge is -2.28. The summed E-state index contributed by atoms with van der Waals surface area (Å²) in [5.74, 6) is 0.146. The molecule has 1 aliphatic carbocycles. The van der Waals surface area contributed by atoms with Gasteiger partial charge in [-0.05, 0) is 78.0 Å². The van der Waals surface area contributed by atoms with E-state index in [2.05, 4.69) is 20.0 Å². The van der Waals surface area contributed by atoms with E-state index < -0.39 is 15.6 Å². The zero-order chi connectivity index (χ0) is 28.4. The number of thiazole rings is 1. The van der Waals surface area contributed by atoms with Crippen LogP contribution in [0.1, 0.15) is 71.2 Å². The normalized spacial score (nSPS) is 18.2. The zero-order valence-corrected chi connectivity index (χ0v) is 24.5. The molecule has 11 heteroatoms. The van der Waals surface area contributed by atoms with Crippen molar-refractivity contribution in [3.8, 4) is 27.4 Å². The van der Waals surface area contributed by atoms with Gasteiger partial charge in [-0.1, -0.05) is 12.1 Å². The second-order valence-electron chi connectivity index (χ2n) is 11.2. The maximum Gasteiger partial charge on any atom is 0.407 e. The first-order valence-corrected chi connectivity index (χ1v) is 15.4. The van der Waals surface area contributed by atoms with E-state index in [0.717, 1.165) is 35.6 Å². The van der Waals surface area contributed by atoms with E-state index in [-0.39, 0.29) is 34.9 Å². The molecule has 39 heavy (non-hydrogen) atoms. The number of nitrogens with zero attached hydrogens (tertiary/aromatic N) is 2. The predicted molar refractivity (Wildman–Crippen MR) is 152 cm³/mol. The van der Waals surface area contributed by atoms with Gasteiger partial charge < -0.3 is 15.2 Å². The van der Waals surface area contributed by atoms with Gasteiger partial charge in [-0.3, -0.25) is 0 Å². The number of amides is 1. The molecule has 1 aliphatic rings. The third kappa shape index (κ3) is 7.55. The summed E-state index contributed by atoms with van der Waals surface area (Å²) in [6, 6.07) is 8.55. The van der Waals surface area contributed by atoms with Crippen LogP contribution in [-0.2, 0) is 14.8 Å². The average Bonchev–Trinajstić information content (AvgIpc) is 3.33. The maximum absolute atomic E-state index is 13.6. The summed E-state index contributed by atoms with van der Waals surface area (Å²) in [5.41, 5.74) is 1.28. The first-order valence-electron chi connectivity index (χ1n) is 13.1. The molecule has 1 fully saturated rings. The molecule has 0 bridgehead atoms. The van der Waals surface area contributed by atoms with Gasteiger partial charge in [0.1, 0.15) is 0 Å². The number of aromatic hydroxyl groups is 1. The van der Waals surface area contributed by atoms with Gasteiger partial charge >= 0.3 is 6.09 Å². The lowest BCUT2D eigenvalue weighted by molar-refractivity contribution is 0.109. The number of alkyl carbamates (subject to hydrolysis) is 1. The Bertz CT molecular complexity index is 1400. The number of ether oxygens (including phenoxy) is 1. The number of carbonyl (C=O) groups excluding carboxylic acids is 1. The SMILES string of the molecule is CC(C)OC(=O)N[C@H]1CC[C@H](c2ncc(-c3ccc(-c4ccc(O)nc4)cc3S(=O)(=O)NC(C)(C)C)s2)CC1. The Labute approximate surface area is 234 Å². The highest BCUT2D eigenvalue weighted by Gasteiger charge is 2.29. The molecule has 0 unspecified atom stereocenters. The molecular weight excluding hydrogens is 536 g/mol. The summed E-state index contributed by atoms with van der Waals surface area (Å²) >= 11 is 1.51. The minimum Gasteiger partial charge on any atom is -0.493 e. The molecule has 0 aliphatic heterocycles. The minimum atomic E-state index is -3.87. The quantitative estimate of drug-likeness (QED) is 0.325. The predicted octanol–water partition coefficient (Wildman–Crippen LogP) is 5.82. The van der Waals surface area contributed by atoms with Crippen molar-refractivity contribution < 1.29 is 23.1 Å². The van der Waals surface area contributed by atoms with Crippen molar-refractivity contribution in [2.24, 2.45) is 0 Å². The smallest absolute Gasteiger partial charge is 0.407 e. The Morgan fingerprint density at radius 3 is 2.36 bits per heavy atom. The molecule has 4 rings (SSSR count). The lowest BCUT2D eigenvalue weighted by atomic mass is 9.86. The van der Waals surface area contributed by atoms with Gasteiger partial charge in [-0.25, -0.2) is 27.9 Å². The van der Waals surface area contributed by atoms with Crippen LogP contribution in [0.5, 0.6) is 5.88 Å². The number of hydrogen-bond donors (Lipinski definition) is 3. The summed E-state index contributed by atoms with van der Waals surface area (Å²) in [6.45, 7) is 9.05. The highest BCUT2D eigenvalue weighted by atomic mass is 32.2. The van der Waals surface area contributed by atoms with E-state index in [9.17, 15) is 18.3 Å². The zero-order valence-electron chi connectivity index (χ0n) is 22.9. The molecule has 1 saturated carbocycles. The number of aromatic nitrogens is 2. The summed E-state index contributed by atoms with van der Waals surface area (Å²) < 4.78 is 35.1. The van der Waals surface area contributed by atoms with Crippen LogP contribution in [-0.4, -0.2) is 47.3 Å². The molecule has 0 atom stereocenters. The summed E-state index contributed by atoms with van der Waals surface area (Å²) in [5, 5.41) is 13.5. The molecule has 2 aromatic heterocycles. The minimum absolute atomic E-state index is 0.0779. The van der Waals surface area contributed by atoms with Crippen LogP contribution in [0.3, 0.4) is 0 Å². The van der Waals surface area contributed by atoms with Gasteiger partial charge in [0, 0.05) is 47.1 Å². The molecule has 0 saturated heterocycles. The molecule has 3 N–H and O–H groups in total. The van der Waals surface area contributed by atoms with Crippen molar-refractivity contribution in [3.63, 3.8) is 0 Å². The molecule has 210 valence electrons. The molecule has 2 heterocycles. The van der Waals surface area contributed by atoms with E-state index in [1.54, 1.807) is 45.2 Å². The van der Waals surface area contributed by atoms with Crippen LogP contribution in [0.15, 0.2) is 47.6 Å². The van der Waals surface area contributed by atoms with E-state index in [1.165, 1.54) is 23.6 Å². The Kier molecular flexibility index (Phi) is 8.63. The van der Waals surface area contributed by atoms with Crippen molar-refractivity contribution in [1.82, 2.24) is 20.0 Å². The lowest BCUT2D eigenvalue weighted by Crippen LogP contribution is -2.40. The Hall–Kier alpha value is -3.02. The van der Waals surface area contributed by atoms with Crippen LogP contribution in [0.2, 0.25) is 0 Å². The van der Waals surface area contributed by atoms with Gasteiger partial charge in [0.15, 0.2) is 0 Å². The van der Waals surface area contributed by atoms with Gasteiger partial charge in [0.2, 0.25) is 15.9 Å². The van der Waals surface area contributed by atoms with Crippen LogP contribution in [0.25, 0.3) is 21.6 Å². The van der Waals surface area contributed by atoms with E-state index in [0.29, 0.717) is 16.7 Å². The molecule has 9 nitrogen and oxygen atoms in total. The Morgan fingerprint density at radius 1 is 1.05 bits per heavy atom. The second-order valence-corrected chi connectivity index (χ2v) is 13.9. The van der Waals surface area contributed by atoms with Crippen LogP contribution >= 0.6 is 11.3 Å². The number of benzene rings is 1. The molecule has 1 aromatic carbocycles. The number of carbonyl (C=O) groups is 1. The summed E-state index contributed by atoms with van der Waals surface area (Å²) in [4.78, 5) is 21.5. The monoisotopic (exact) mass is 572 g/mol. The third-order valence-electron chi connectivity index (χ3n) is 6.32. The van der Waals surface area contributed by atoms with Gasteiger partial charge in [0.25, 0.3) is 0 Å². The van der Waals surface area contributed by atoms with Gasteiger partial charge in [0.05, 0.1) is 20.9 Å². The third-order valence-corrected chi connectivity index (χ3v) is 9.31. The number of hydrogen-bond acceptors (Lipinski definition) is 8. The number of sulfonamides is 1. The van der Waals surface area contributed by atoms with Crippen molar-refractivity contribution in [1.29, 1.82) is 0 Å². The Balaban J connectivity index is 1.59. The van der Waals surface area contributed by atoms with Crippen molar-refractivity contribution in [2.45, 2.75) is 88.8 Å². The fourth-order valence-electron chi connectivity index (χ4n) is 4.64. The first-order chi connectivity index (χ1) is 18.3. The fraction of sp³-hybridized carbons (Fsp3) is 0.464. The second kappa shape index (κ2) is 11.6. The standard InChI is InChI=1S/C28H36N4O5S2/c1-17(2)37-27(34)31-21-10-6-18(7-11-21)26-30-16-23(38-26)22-12-8-19(20-9-13-25(33)29-15-20)14-24(22)39(35,36)32-28(3,4)5/h8-9,12-18,21,32H,6-7,10-11H2,1-5H3,(H,29,33)(H,31,34)/t18-,21-. The molecule has 0 radical (unpaired) electrons. The number of pyridine rings is 1. The van der Waals surface area contributed by atoms with Crippen LogP contribution in [0, 0.1) is 0 Å². The van der Waals surface area contributed by atoms with Gasteiger partial charge in [-0.15, -0.1) is 11.3 Å². The topological polar surface area (TPSA) is 131 Å². The van der Waals surface area contributed by atoms with Crippen LogP contribution in [0.4, 0.5) is 4.79 Å². The Morgan fingerprint density at radius 2 is 1.74 bits per heavy atom. The molecular formula is C28H36N4O5S2. The fourth-order valence-corrected chi connectivity index (χ4v) is 7.50. The molecule has 0 spiro atoms. The summed E-state index contributed by atoms with van der Waals surface area (Å²) in [7, 11) is -3.87. The van der Waals surface area contributed by atoms with Crippen molar-refractivity contribution in [3.05, 3.63) is 47.7 Å². The van der Waals surface area contributed by atoms with Crippen molar-refractivity contribution in [2.75, 3.05) is 0 Å². The molecule has 3 aromatic rings. The van der Waals surface area contributed by atoms with E-state index >= 15 is 0 Å². The number of nitrogens with one attached hydrogen (secondary N) is 2. The first kappa shape index (κ1) is 29.0. The highest BCUT2D eigenvalue weighted by Crippen LogP contribution is 2.40. The van der Waals surface area contributed by atoms with Crippen LogP contribution < -0.4 is 10.0 Å². The molecule has 1 amide bonds. The average molecular weight is 573 g/mol.